The molecule has 6 heteroatoms. The molecule has 4 nitrogen and oxygen atoms in total. The second kappa shape index (κ2) is 4.98. The van der Waals surface area contributed by atoms with E-state index in [1.54, 1.807) is 11.3 Å². The van der Waals surface area contributed by atoms with E-state index in [-0.39, 0.29) is 0 Å². The quantitative estimate of drug-likeness (QED) is 0.928. The first kappa shape index (κ1) is 12.3. The minimum Gasteiger partial charge on any atom is -0.358 e. The summed E-state index contributed by atoms with van der Waals surface area (Å²) in [5.41, 5.74) is 0.304. The number of aromatic nitrogens is 2. The molecule has 1 aromatic heterocycles. The summed E-state index contributed by atoms with van der Waals surface area (Å²) in [6.45, 7) is 0.960. The van der Waals surface area contributed by atoms with Gasteiger partial charge in [0.25, 0.3) is 0 Å². The Labute approximate surface area is 109 Å². The fraction of sp³-hybridized carbons (Fsp3) is 0.800. The van der Waals surface area contributed by atoms with Crippen LogP contribution in [-0.2, 0) is 0 Å². The van der Waals surface area contributed by atoms with E-state index in [2.05, 4.69) is 50.4 Å². The lowest BCUT2D eigenvalue weighted by molar-refractivity contribution is 0.172. The van der Waals surface area contributed by atoms with Gasteiger partial charge in [0, 0.05) is 12.1 Å². The highest BCUT2D eigenvalue weighted by Gasteiger charge is 2.35. The van der Waals surface area contributed by atoms with E-state index in [1.165, 1.54) is 25.7 Å². The molecular weight excluding hydrogens is 288 g/mol. The van der Waals surface area contributed by atoms with Gasteiger partial charge in [-0.25, -0.2) is 0 Å². The normalized spacial score (nSPS) is 19.2. The maximum atomic E-state index is 4.06. The van der Waals surface area contributed by atoms with Gasteiger partial charge in [-0.1, -0.05) is 24.2 Å². The van der Waals surface area contributed by atoms with Crippen LogP contribution >= 0.6 is 27.3 Å². The summed E-state index contributed by atoms with van der Waals surface area (Å²) in [7, 11) is 4.34. The summed E-state index contributed by atoms with van der Waals surface area (Å²) in [6, 6.07) is 0. The Morgan fingerprint density at radius 3 is 2.56 bits per heavy atom. The number of hydrogen-bond donors (Lipinski definition) is 1. The SMILES string of the molecule is CN(C)C1(CNc2nnc(Br)s2)CCCC1. The van der Waals surface area contributed by atoms with Gasteiger partial charge in [-0.05, 0) is 42.9 Å². The van der Waals surface area contributed by atoms with Crippen LogP contribution in [0.25, 0.3) is 0 Å². The zero-order valence-electron chi connectivity index (χ0n) is 9.66. The van der Waals surface area contributed by atoms with Crippen molar-refractivity contribution in [2.45, 2.75) is 31.2 Å². The van der Waals surface area contributed by atoms with Gasteiger partial charge in [-0.15, -0.1) is 10.2 Å². The number of halogens is 1. The van der Waals surface area contributed by atoms with E-state index in [1.807, 2.05) is 0 Å². The highest BCUT2D eigenvalue weighted by Crippen LogP contribution is 2.34. The molecule has 2 rings (SSSR count). The van der Waals surface area contributed by atoms with Gasteiger partial charge in [-0.2, -0.15) is 0 Å². The molecule has 1 aliphatic rings. The average Bonchev–Trinajstić information content (AvgIpc) is 2.84. The third-order valence-corrected chi connectivity index (χ3v) is 4.77. The fourth-order valence-corrected chi connectivity index (χ4v) is 3.34. The van der Waals surface area contributed by atoms with E-state index in [9.17, 15) is 0 Å². The molecule has 1 aromatic rings. The van der Waals surface area contributed by atoms with Crippen LogP contribution in [0.2, 0.25) is 0 Å². The summed E-state index contributed by atoms with van der Waals surface area (Å²) in [5, 5.41) is 12.3. The first-order valence-electron chi connectivity index (χ1n) is 5.53. The number of anilines is 1. The van der Waals surface area contributed by atoms with Crippen LogP contribution in [0.3, 0.4) is 0 Å². The van der Waals surface area contributed by atoms with E-state index >= 15 is 0 Å². The van der Waals surface area contributed by atoms with Crippen LogP contribution in [0.5, 0.6) is 0 Å². The van der Waals surface area contributed by atoms with Crippen LogP contribution in [-0.4, -0.2) is 41.3 Å². The zero-order chi connectivity index (χ0) is 11.6. The lowest BCUT2D eigenvalue weighted by atomic mass is 9.96. The predicted octanol–water partition coefficient (Wildman–Crippen LogP) is 2.59. The highest BCUT2D eigenvalue weighted by molar-refractivity contribution is 9.11. The van der Waals surface area contributed by atoms with Gasteiger partial charge < -0.3 is 10.2 Å². The Kier molecular flexibility index (Phi) is 3.81. The molecular formula is C10H17BrN4S. The third kappa shape index (κ3) is 2.55. The molecule has 0 unspecified atom stereocenters. The largest absolute Gasteiger partial charge is 0.358 e. The Bertz CT molecular complexity index is 346. The topological polar surface area (TPSA) is 41.0 Å². The number of likely N-dealkylation sites (N-methyl/N-ethyl adjacent to an activating group) is 1. The summed E-state index contributed by atoms with van der Waals surface area (Å²) < 4.78 is 0.834. The van der Waals surface area contributed by atoms with Crippen molar-refractivity contribution in [1.82, 2.24) is 15.1 Å². The number of hydrogen-bond acceptors (Lipinski definition) is 5. The van der Waals surface area contributed by atoms with Gasteiger partial charge in [0.15, 0.2) is 3.92 Å². The standard InChI is InChI=1S/C10H17BrN4S/c1-15(2)10(5-3-4-6-10)7-12-9-14-13-8(11)16-9/h3-7H2,1-2H3,(H,12,14). The van der Waals surface area contributed by atoms with Crippen molar-refractivity contribution >= 4 is 32.4 Å². The zero-order valence-corrected chi connectivity index (χ0v) is 12.1. The van der Waals surface area contributed by atoms with E-state index in [0.29, 0.717) is 5.54 Å². The molecule has 16 heavy (non-hydrogen) atoms. The first-order valence-corrected chi connectivity index (χ1v) is 7.14. The number of nitrogens with one attached hydrogen (secondary N) is 1. The summed E-state index contributed by atoms with van der Waals surface area (Å²) in [4.78, 5) is 2.35. The minimum absolute atomic E-state index is 0.304. The molecule has 0 bridgehead atoms. The molecule has 1 fully saturated rings. The van der Waals surface area contributed by atoms with Crippen molar-refractivity contribution in [3.8, 4) is 0 Å². The summed E-state index contributed by atoms with van der Waals surface area (Å²) in [5.74, 6) is 0. The minimum atomic E-state index is 0.304. The van der Waals surface area contributed by atoms with Crippen molar-refractivity contribution < 1.29 is 0 Å². The third-order valence-electron chi connectivity index (χ3n) is 3.45. The molecule has 0 saturated heterocycles. The van der Waals surface area contributed by atoms with Crippen LogP contribution in [0.1, 0.15) is 25.7 Å². The van der Waals surface area contributed by atoms with Gasteiger partial charge in [0.1, 0.15) is 0 Å². The van der Waals surface area contributed by atoms with Crippen LogP contribution in [0, 0.1) is 0 Å². The second-order valence-corrected chi connectivity index (χ2v) is 6.79. The monoisotopic (exact) mass is 304 g/mol. The molecule has 0 amide bonds. The molecule has 0 radical (unpaired) electrons. The van der Waals surface area contributed by atoms with Crippen LogP contribution in [0.15, 0.2) is 3.92 Å². The molecule has 90 valence electrons. The van der Waals surface area contributed by atoms with E-state index in [4.69, 9.17) is 0 Å². The highest BCUT2D eigenvalue weighted by atomic mass is 79.9. The number of nitrogens with zero attached hydrogens (tertiary/aromatic N) is 3. The Balaban J connectivity index is 1.97. The Hall–Kier alpha value is -0.200. The van der Waals surface area contributed by atoms with E-state index < -0.39 is 0 Å². The van der Waals surface area contributed by atoms with Gasteiger partial charge in [0.05, 0.1) is 0 Å². The molecule has 0 spiro atoms. The molecule has 1 saturated carbocycles. The van der Waals surface area contributed by atoms with Crippen LogP contribution in [0.4, 0.5) is 5.13 Å². The summed E-state index contributed by atoms with van der Waals surface area (Å²) >= 11 is 4.87. The lowest BCUT2D eigenvalue weighted by Crippen LogP contribution is -2.47. The van der Waals surface area contributed by atoms with Crippen molar-refractivity contribution in [2.75, 3.05) is 26.0 Å². The van der Waals surface area contributed by atoms with Crippen molar-refractivity contribution in [2.24, 2.45) is 0 Å². The lowest BCUT2D eigenvalue weighted by Gasteiger charge is -2.36. The van der Waals surface area contributed by atoms with Gasteiger partial charge in [0.2, 0.25) is 5.13 Å². The van der Waals surface area contributed by atoms with Gasteiger partial charge in [-0.3, -0.25) is 0 Å². The van der Waals surface area contributed by atoms with Crippen molar-refractivity contribution in [3.05, 3.63) is 3.92 Å². The average molecular weight is 305 g/mol. The molecule has 1 aliphatic carbocycles. The first-order chi connectivity index (χ1) is 7.62. The Morgan fingerprint density at radius 1 is 1.38 bits per heavy atom. The smallest absolute Gasteiger partial charge is 0.206 e. The fourth-order valence-electron chi connectivity index (χ4n) is 2.33. The molecule has 1 heterocycles. The van der Waals surface area contributed by atoms with E-state index in [0.717, 1.165) is 15.6 Å². The maximum absolute atomic E-state index is 4.06. The maximum Gasteiger partial charge on any atom is 0.206 e. The second-order valence-electron chi connectivity index (χ2n) is 4.54. The van der Waals surface area contributed by atoms with Gasteiger partial charge >= 0.3 is 0 Å². The molecule has 0 aromatic carbocycles. The molecule has 1 N–H and O–H groups in total. The number of rotatable bonds is 4. The van der Waals surface area contributed by atoms with Crippen LogP contribution < -0.4 is 5.32 Å². The Morgan fingerprint density at radius 2 is 2.06 bits per heavy atom. The molecule has 0 atom stereocenters. The molecule has 0 aliphatic heterocycles. The van der Waals surface area contributed by atoms with Crippen molar-refractivity contribution in [3.63, 3.8) is 0 Å². The summed E-state index contributed by atoms with van der Waals surface area (Å²) in [6.07, 6.45) is 5.21. The van der Waals surface area contributed by atoms with Crippen molar-refractivity contribution in [1.29, 1.82) is 0 Å². The predicted molar refractivity (Wildman–Crippen MR) is 71.0 cm³/mol.